The Morgan fingerprint density at radius 2 is 0.688 bits per heavy atom. The van der Waals surface area contributed by atoms with Crippen molar-refractivity contribution in [2.75, 3.05) is 26.3 Å². The van der Waals surface area contributed by atoms with Gasteiger partial charge in [-0.05, 0) is 73.5 Å². The maximum Gasteiger partial charge on any atom is 2.00 e. The number of hydrogen-bond donors (Lipinski definition) is 0. The Bertz CT molecular complexity index is 1560. The Labute approximate surface area is 299 Å². The molecule has 6 aromatic carbocycles. The molecule has 0 unspecified atom stereocenters. The van der Waals surface area contributed by atoms with Crippen molar-refractivity contribution < 1.29 is 21.8 Å². The fourth-order valence-corrected chi connectivity index (χ4v) is 11.2. The molecule has 7 rings (SSSR count). The van der Waals surface area contributed by atoms with Gasteiger partial charge in [-0.15, -0.1) is 13.1 Å². The van der Waals surface area contributed by atoms with E-state index in [-0.39, 0.29) is 17.1 Å². The minimum absolute atomic E-state index is 0. The second kappa shape index (κ2) is 19.3. The minimum atomic E-state index is -1.19. The second-order valence-corrected chi connectivity index (χ2v) is 16.2. The summed E-state index contributed by atoms with van der Waals surface area (Å²) in [5.41, 5.74) is 2.14. The third-order valence-corrected chi connectivity index (χ3v) is 13.7. The van der Waals surface area contributed by atoms with Gasteiger partial charge in [0.2, 0.25) is 0 Å². The molecule has 1 heterocycles. The van der Waals surface area contributed by atoms with E-state index in [2.05, 4.69) is 170 Å². The smallest absolute Gasteiger partial charge is 0.682 e. The number of nitrogens with zero attached hydrogens (tertiary/aromatic N) is 2. The summed E-state index contributed by atoms with van der Waals surface area (Å²) in [6.45, 7) is 3.28. The van der Waals surface area contributed by atoms with Crippen LogP contribution in [0, 0.1) is 0 Å². The summed E-state index contributed by atoms with van der Waals surface area (Å²) in [4.78, 5) is 0. The van der Waals surface area contributed by atoms with Gasteiger partial charge in [-0.3, -0.25) is 0 Å². The van der Waals surface area contributed by atoms with E-state index in [9.17, 15) is 0 Å². The van der Waals surface area contributed by atoms with E-state index in [1.165, 1.54) is 44.7 Å². The first-order valence-electron chi connectivity index (χ1n) is 16.5. The maximum atomic E-state index is 5.12. The number of para-hydroxylation sites is 2. The van der Waals surface area contributed by atoms with Crippen molar-refractivity contribution in [2.24, 2.45) is 0 Å². The molecule has 0 bridgehead atoms. The van der Waals surface area contributed by atoms with Crippen LogP contribution in [0.25, 0.3) is 10.6 Å². The molecule has 1 aliphatic heterocycles. The molecule has 242 valence electrons. The van der Waals surface area contributed by atoms with Crippen molar-refractivity contribution in [3.05, 3.63) is 180 Å². The van der Waals surface area contributed by atoms with Crippen LogP contribution in [-0.4, -0.2) is 26.3 Å². The molecule has 0 amide bonds. The number of hydrogen-bond acceptors (Lipinski definition) is 1. The van der Waals surface area contributed by atoms with Gasteiger partial charge in [-0.1, -0.05) is 121 Å². The molecule has 0 radical (unpaired) electrons. The molecule has 0 aromatic heterocycles. The number of benzene rings is 6. The van der Waals surface area contributed by atoms with Crippen molar-refractivity contribution in [1.82, 2.24) is 0 Å². The van der Waals surface area contributed by atoms with Crippen LogP contribution < -0.4 is 31.8 Å². The average Bonchev–Trinajstić information content (AvgIpc) is 3.74. The van der Waals surface area contributed by atoms with Gasteiger partial charge in [0.05, 0.1) is 26.5 Å². The fourth-order valence-electron chi connectivity index (χ4n) is 5.87. The van der Waals surface area contributed by atoms with Crippen molar-refractivity contribution >= 4 is 59.0 Å². The van der Waals surface area contributed by atoms with E-state index in [1.807, 2.05) is 0 Å². The zero-order chi connectivity index (χ0) is 31.9. The van der Waals surface area contributed by atoms with Crippen molar-refractivity contribution in [3.63, 3.8) is 0 Å². The predicted molar refractivity (Wildman–Crippen MR) is 209 cm³/mol. The topological polar surface area (TPSA) is 37.4 Å². The van der Waals surface area contributed by atoms with E-state index < -0.39 is 15.8 Å². The van der Waals surface area contributed by atoms with Crippen LogP contribution in [0.1, 0.15) is 12.8 Å². The molecule has 0 aliphatic carbocycles. The summed E-state index contributed by atoms with van der Waals surface area (Å²) < 4.78 is 4.94. The molecular formula is C42H42FeN2OP2+2. The molecule has 3 nitrogen and oxygen atoms in total. The quantitative estimate of drug-likeness (QED) is 0.0761. The fraction of sp³-hybridized carbons (Fsp3) is 0.143. The van der Waals surface area contributed by atoms with Gasteiger partial charge < -0.3 is 15.4 Å². The molecule has 6 heteroatoms. The number of rotatable bonds is 11. The monoisotopic (exact) mass is 708 g/mol. The molecule has 6 aromatic rings. The molecule has 1 saturated heterocycles. The third kappa shape index (κ3) is 9.67. The van der Waals surface area contributed by atoms with Crippen LogP contribution in [0.4, 0.5) is 11.4 Å². The molecule has 0 atom stereocenters. The first kappa shape index (κ1) is 35.6. The number of ether oxygens (including phenoxy) is 1. The van der Waals surface area contributed by atoms with Gasteiger partial charge in [0, 0.05) is 13.2 Å². The van der Waals surface area contributed by atoms with E-state index in [0.717, 1.165) is 24.6 Å². The van der Waals surface area contributed by atoms with Crippen molar-refractivity contribution in [1.29, 1.82) is 0 Å². The SMILES string of the molecule is C1CCOC1.[Fe+2].c1ccc([PH+](c2ccccc2)c2ccccc2[N-]CC[N-]c2ccccc2[PH+](c2ccccc2)c2ccccc2)cc1. The molecular weight excluding hydrogens is 666 g/mol. The van der Waals surface area contributed by atoms with Crippen LogP contribution >= 0.6 is 15.8 Å². The maximum absolute atomic E-state index is 5.12. The Kier molecular flexibility index (Phi) is 14.3. The molecule has 48 heavy (non-hydrogen) atoms. The Morgan fingerprint density at radius 1 is 0.396 bits per heavy atom. The Balaban J connectivity index is 0.000000689. The average molecular weight is 709 g/mol. The zero-order valence-electron chi connectivity index (χ0n) is 27.1. The van der Waals surface area contributed by atoms with Crippen LogP contribution in [0.2, 0.25) is 0 Å². The summed E-state index contributed by atoms with van der Waals surface area (Å²) in [5, 5.41) is 18.4. The van der Waals surface area contributed by atoms with E-state index in [4.69, 9.17) is 15.4 Å². The molecule has 0 saturated carbocycles. The Morgan fingerprint density at radius 3 is 0.979 bits per heavy atom. The van der Waals surface area contributed by atoms with Crippen molar-refractivity contribution in [2.45, 2.75) is 12.8 Å². The summed E-state index contributed by atoms with van der Waals surface area (Å²) in [6.07, 6.45) is 2.56. The summed E-state index contributed by atoms with van der Waals surface area (Å²) >= 11 is 0. The van der Waals surface area contributed by atoms with Crippen LogP contribution in [0.15, 0.2) is 170 Å². The normalized spacial score (nSPS) is 12.1. The molecule has 0 spiro atoms. The largest absolute Gasteiger partial charge is 2.00 e. The first-order valence-corrected chi connectivity index (χ1v) is 19.5. The van der Waals surface area contributed by atoms with Gasteiger partial charge in [0.1, 0.15) is 21.2 Å². The Hall–Kier alpha value is -3.74. The third-order valence-electron chi connectivity index (χ3n) is 8.09. The standard InChI is InChI=1S/C38H32N2P2.C4H8O.Fe/c1-5-17-31(18-6-1)41(32-19-7-2-8-20-32)37-27-15-13-25-35(37)39-29-30-40-36-26-14-16-28-38(36)42(33-21-9-3-10-22-33)34-23-11-4-12-24-34;1-2-4-5-3-1;/h1-28H,29-30H2;1-4H2;/q-2;;+2/p+2. The summed E-state index contributed by atoms with van der Waals surface area (Å²) in [5.74, 6) is 0. The zero-order valence-corrected chi connectivity index (χ0v) is 30.2. The van der Waals surface area contributed by atoms with Crippen LogP contribution in [0.5, 0.6) is 0 Å². The second-order valence-electron chi connectivity index (χ2n) is 11.3. The first-order chi connectivity index (χ1) is 23.4. The van der Waals surface area contributed by atoms with Crippen LogP contribution in [-0.2, 0) is 21.8 Å². The summed E-state index contributed by atoms with van der Waals surface area (Å²) in [7, 11) is -2.39. The van der Waals surface area contributed by atoms with Gasteiger partial charge in [0.25, 0.3) is 0 Å². The van der Waals surface area contributed by atoms with Crippen molar-refractivity contribution in [3.8, 4) is 0 Å². The van der Waals surface area contributed by atoms with Gasteiger partial charge >= 0.3 is 17.1 Å². The van der Waals surface area contributed by atoms with E-state index in [1.54, 1.807) is 0 Å². The van der Waals surface area contributed by atoms with E-state index >= 15 is 0 Å². The molecule has 1 fully saturated rings. The van der Waals surface area contributed by atoms with Gasteiger partial charge in [0.15, 0.2) is 0 Å². The van der Waals surface area contributed by atoms with Gasteiger partial charge in [-0.25, -0.2) is 0 Å². The minimum Gasteiger partial charge on any atom is -0.682 e. The van der Waals surface area contributed by atoms with Crippen LogP contribution in [0.3, 0.4) is 0 Å². The van der Waals surface area contributed by atoms with E-state index in [0.29, 0.717) is 13.1 Å². The predicted octanol–water partition coefficient (Wildman–Crippen LogP) is 8.17. The van der Waals surface area contributed by atoms with Gasteiger partial charge in [-0.2, -0.15) is 0 Å². The molecule has 1 aliphatic rings. The summed E-state index contributed by atoms with van der Waals surface area (Å²) in [6, 6.07) is 60.8. The molecule has 0 N–H and O–H groups in total.